The summed E-state index contributed by atoms with van der Waals surface area (Å²) >= 11 is 0. The van der Waals surface area contributed by atoms with E-state index in [0.29, 0.717) is 35.7 Å². The number of hydrogen-bond donors (Lipinski definition) is 6. The van der Waals surface area contributed by atoms with Crippen LogP contribution in [0.2, 0.25) is 0 Å². The van der Waals surface area contributed by atoms with E-state index < -0.39 is 34.2 Å². The number of carbonyl (C=O) groups excluding carboxylic acids is 1. The molecule has 1 aliphatic rings. The predicted octanol–water partition coefficient (Wildman–Crippen LogP) is 2.36. The number of aliphatic carboxylic acids is 2. The number of carbonyl (C=O) groups is 3. The predicted molar refractivity (Wildman–Crippen MR) is 158 cm³/mol. The van der Waals surface area contributed by atoms with E-state index in [4.69, 9.17) is 5.73 Å². The van der Waals surface area contributed by atoms with Crippen molar-refractivity contribution in [2.24, 2.45) is 10.8 Å². The first-order valence-electron chi connectivity index (χ1n) is 13.3. The van der Waals surface area contributed by atoms with Gasteiger partial charge in [-0.1, -0.05) is 13.8 Å². The van der Waals surface area contributed by atoms with Crippen LogP contribution in [0.4, 0.5) is 23.1 Å². The van der Waals surface area contributed by atoms with E-state index in [9.17, 15) is 29.4 Å². The molecule has 2 heterocycles. The molecule has 0 saturated carbocycles. The van der Waals surface area contributed by atoms with Crippen molar-refractivity contribution in [3.8, 4) is 0 Å². The summed E-state index contributed by atoms with van der Waals surface area (Å²) in [5, 5.41) is 26.6. The van der Waals surface area contributed by atoms with Gasteiger partial charge in [-0.15, -0.1) is 0 Å². The van der Waals surface area contributed by atoms with Crippen molar-refractivity contribution >= 4 is 41.0 Å². The van der Waals surface area contributed by atoms with Crippen LogP contribution in [-0.4, -0.2) is 81.7 Å². The number of hydrogen-bond acceptors (Lipinski definition) is 9. The van der Waals surface area contributed by atoms with Crippen LogP contribution < -0.4 is 26.8 Å². The van der Waals surface area contributed by atoms with E-state index in [2.05, 4.69) is 20.6 Å². The molecule has 0 aliphatic carbocycles. The standard InChI is InChI=1S/C28H41N7O6/c1-14-15(2)18(34(8)13-16-12-30-20-19(31-16)21(36)33-25(29)32-20)11-10-17(14)22(37)35(9)28(7,24(40)41)27(5,6)26(3,4)23(38)39/h10-11,16,31H,12-13H2,1-9H3,(H,38,39)(H,40,41)(H4,29,30,32,33,36)/t16?,28-/m1/s1. The molecule has 1 aromatic carbocycles. The average Bonchev–Trinajstić information content (AvgIpc) is 2.88. The van der Waals surface area contributed by atoms with Crippen LogP contribution in [0.3, 0.4) is 0 Å². The van der Waals surface area contributed by atoms with E-state index in [1.54, 1.807) is 32.9 Å². The number of H-pyrrole nitrogens is 1. The summed E-state index contributed by atoms with van der Waals surface area (Å²) in [4.78, 5) is 60.6. The second-order valence-corrected chi connectivity index (χ2v) is 12.0. The molecule has 1 amide bonds. The van der Waals surface area contributed by atoms with Crippen molar-refractivity contribution in [2.45, 2.75) is 60.0 Å². The number of aromatic amines is 1. The Morgan fingerprint density at radius 1 is 1.05 bits per heavy atom. The molecule has 1 aliphatic heterocycles. The van der Waals surface area contributed by atoms with Gasteiger partial charge in [0.05, 0.1) is 11.5 Å². The molecule has 1 aromatic heterocycles. The number of amides is 1. The Morgan fingerprint density at radius 2 is 1.66 bits per heavy atom. The topological polar surface area (TPSA) is 194 Å². The highest BCUT2D eigenvalue weighted by atomic mass is 16.4. The lowest BCUT2D eigenvalue weighted by molar-refractivity contribution is -0.173. The number of rotatable bonds is 9. The molecule has 1 unspecified atom stereocenters. The molecule has 3 rings (SSSR count). The van der Waals surface area contributed by atoms with Crippen LogP contribution in [0, 0.1) is 24.7 Å². The summed E-state index contributed by atoms with van der Waals surface area (Å²) in [6.07, 6.45) is 0. The lowest BCUT2D eigenvalue weighted by atomic mass is 9.57. The van der Waals surface area contributed by atoms with E-state index >= 15 is 0 Å². The van der Waals surface area contributed by atoms with Crippen molar-refractivity contribution in [1.82, 2.24) is 14.9 Å². The van der Waals surface area contributed by atoms with E-state index in [1.165, 1.54) is 27.8 Å². The second kappa shape index (κ2) is 10.6. The Bertz CT molecular complexity index is 1450. The number of nitrogens with two attached hydrogens (primary N) is 1. The molecule has 2 atom stereocenters. The van der Waals surface area contributed by atoms with Gasteiger partial charge < -0.3 is 36.4 Å². The molecular weight excluding hydrogens is 530 g/mol. The first-order valence-corrected chi connectivity index (χ1v) is 13.3. The minimum atomic E-state index is -1.85. The third kappa shape index (κ3) is 5.04. The van der Waals surface area contributed by atoms with E-state index in [-0.39, 0.29) is 17.5 Å². The van der Waals surface area contributed by atoms with Crippen molar-refractivity contribution in [3.63, 3.8) is 0 Å². The molecule has 41 heavy (non-hydrogen) atoms. The summed E-state index contributed by atoms with van der Waals surface area (Å²) in [5.41, 5.74) is 3.56. The second-order valence-electron chi connectivity index (χ2n) is 12.0. The highest BCUT2D eigenvalue weighted by molar-refractivity contribution is 6.00. The zero-order chi connectivity index (χ0) is 31.2. The number of fused-ring (bicyclic) bond motifs is 1. The SMILES string of the molecule is Cc1c(C(=O)N(C)[C@](C)(C(=O)O)C(C)(C)C(C)(C)C(=O)O)ccc(N(C)CC2CNc3nc(N)[nH]c(=O)c3N2)c1C. The smallest absolute Gasteiger partial charge is 0.329 e. The summed E-state index contributed by atoms with van der Waals surface area (Å²) in [6.45, 7) is 12.1. The van der Waals surface area contributed by atoms with Gasteiger partial charge in [0, 0.05) is 43.9 Å². The van der Waals surface area contributed by atoms with Gasteiger partial charge >= 0.3 is 11.9 Å². The molecule has 13 heteroatoms. The summed E-state index contributed by atoms with van der Waals surface area (Å²) in [5.74, 6) is -2.56. The zero-order valence-electron chi connectivity index (χ0n) is 25.1. The Morgan fingerprint density at radius 3 is 2.22 bits per heavy atom. The third-order valence-electron chi connectivity index (χ3n) is 9.40. The van der Waals surface area contributed by atoms with Crippen LogP contribution in [0.15, 0.2) is 16.9 Å². The Hall–Kier alpha value is -4.29. The first kappa shape index (κ1) is 31.2. The summed E-state index contributed by atoms with van der Waals surface area (Å²) in [6, 6.07) is 3.32. The molecule has 0 bridgehead atoms. The number of nitrogens with one attached hydrogen (secondary N) is 3. The summed E-state index contributed by atoms with van der Waals surface area (Å²) < 4.78 is 0. The van der Waals surface area contributed by atoms with Crippen molar-refractivity contribution in [2.75, 3.05) is 48.5 Å². The lowest BCUT2D eigenvalue weighted by Gasteiger charge is -2.52. The molecule has 0 spiro atoms. The van der Waals surface area contributed by atoms with Crippen molar-refractivity contribution < 1.29 is 24.6 Å². The number of carboxylic acid groups (broad SMARTS) is 2. The van der Waals surface area contributed by atoms with Gasteiger partial charge in [0.2, 0.25) is 5.95 Å². The first-order chi connectivity index (χ1) is 18.8. The highest BCUT2D eigenvalue weighted by Crippen LogP contribution is 2.50. The van der Waals surface area contributed by atoms with Crippen LogP contribution >= 0.6 is 0 Å². The minimum absolute atomic E-state index is 0.0304. The van der Waals surface area contributed by atoms with Crippen molar-refractivity contribution in [1.29, 1.82) is 0 Å². The molecule has 0 saturated heterocycles. The number of anilines is 4. The number of nitrogen functional groups attached to an aromatic ring is 1. The van der Waals surface area contributed by atoms with Gasteiger partial charge in [-0.3, -0.25) is 19.4 Å². The normalized spacial score (nSPS) is 16.5. The Balaban J connectivity index is 1.89. The largest absolute Gasteiger partial charge is 0.481 e. The van der Waals surface area contributed by atoms with Crippen LogP contribution in [0.5, 0.6) is 0 Å². The molecule has 0 fully saturated rings. The number of carboxylic acids is 2. The molecule has 0 radical (unpaired) electrons. The fourth-order valence-corrected chi connectivity index (χ4v) is 5.31. The van der Waals surface area contributed by atoms with Gasteiger partial charge in [0.15, 0.2) is 5.82 Å². The zero-order valence-corrected chi connectivity index (χ0v) is 25.1. The van der Waals surface area contributed by atoms with Crippen LogP contribution in [0.1, 0.15) is 56.1 Å². The molecular formula is C28H41N7O6. The Kier molecular flexibility index (Phi) is 8.08. The van der Waals surface area contributed by atoms with Crippen LogP contribution in [-0.2, 0) is 9.59 Å². The number of nitrogens with zero attached hydrogens (tertiary/aromatic N) is 3. The molecule has 224 valence electrons. The fourth-order valence-electron chi connectivity index (χ4n) is 5.31. The maximum Gasteiger partial charge on any atom is 0.329 e. The fraction of sp³-hybridized carbons (Fsp3) is 0.536. The molecule has 7 N–H and O–H groups in total. The maximum atomic E-state index is 13.8. The quantitative estimate of drug-likeness (QED) is 0.259. The van der Waals surface area contributed by atoms with Gasteiger partial charge in [0.25, 0.3) is 11.5 Å². The van der Waals surface area contributed by atoms with Gasteiger partial charge in [-0.25, -0.2) is 4.79 Å². The van der Waals surface area contributed by atoms with Gasteiger partial charge in [0.1, 0.15) is 11.2 Å². The summed E-state index contributed by atoms with van der Waals surface area (Å²) in [7, 11) is 3.30. The van der Waals surface area contributed by atoms with Crippen LogP contribution in [0.25, 0.3) is 0 Å². The van der Waals surface area contributed by atoms with E-state index in [1.807, 2.05) is 18.9 Å². The van der Waals surface area contributed by atoms with E-state index in [0.717, 1.165) is 16.2 Å². The minimum Gasteiger partial charge on any atom is -0.481 e. The maximum absolute atomic E-state index is 13.8. The Labute approximate surface area is 239 Å². The number of aromatic nitrogens is 2. The molecule has 13 nitrogen and oxygen atoms in total. The number of benzene rings is 1. The number of likely N-dealkylation sites (N-methyl/N-ethyl adjacent to an activating group) is 2. The highest BCUT2D eigenvalue weighted by Gasteiger charge is 2.61. The van der Waals surface area contributed by atoms with Gasteiger partial charge in [-0.2, -0.15) is 4.98 Å². The average molecular weight is 572 g/mol. The molecule has 2 aromatic rings. The third-order valence-corrected chi connectivity index (χ3v) is 9.40. The van der Waals surface area contributed by atoms with Crippen molar-refractivity contribution in [3.05, 3.63) is 39.2 Å². The van der Waals surface area contributed by atoms with Gasteiger partial charge in [-0.05, 0) is 57.9 Å². The lowest BCUT2D eigenvalue weighted by Crippen LogP contribution is -2.66. The monoisotopic (exact) mass is 571 g/mol.